The van der Waals surface area contributed by atoms with E-state index in [1.165, 1.54) is 17.7 Å². The quantitative estimate of drug-likeness (QED) is 0.582. The number of rotatable bonds is 3. The average Bonchev–Trinajstić information content (AvgIpc) is 2.41. The van der Waals surface area contributed by atoms with Gasteiger partial charge in [-0.15, -0.1) is 0 Å². The lowest BCUT2D eigenvalue weighted by Crippen LogP contribution is -1.95. The maximum atomic E-state index is 9.98. The fourth-order valence-corrected chi connectivity index (χ4v) is 2.42. The Bertz CT molecular complexity index is 603. The maximum Gasteiger partial charge on any atom is 0.161 e. The lowest BCUT2D eigenvalue weighted by atomic mass is 9.92. The summed E-state index contributed by atoms with van der Waals surface area (Å²) in [5.41, 5.74) is 3.83. The van der Waals surface area contributed by atoms with Gasteiger partial charge in [0, 0.05) is 11.6 Å². The first kappa shape index (κ1) is 13.3. The molecule has 19 heavy (non-hydrogen) atoms. The summed E-state index contributed by atoms with van der Waals surface area (Å²) >= 11 is 0. The van der Waals surface area contributed by atoms with Crippen molar-refractivity contribution in [2.45, 2.75) is 26.7 Å². The van der Waals surface area contributed by atoms with Crippen molar-refractivity contribution in [1.82, 2.24) is 0 Å². The highest BCUT2D eigenvalue weighted by molar-refractivity contribution is 5.76. The average molecular weight is 258 g/mol. The van der Waals surface area contributed by atoms with Crippen LogP contribution in [-0.2, 0) is 12.8 Å². The SMILES string of the molecule is CCc1cccc(-c2cc(O)c(O)cc2O)c1CC. The molecule has 3 N–H and O–H groups in total. The molecule has 0 heterocycles. The third-order valence-electron chi connectivity index (χ3n) is 3.39. The molecule has 0 aromatic heterocycles. The van der Waals surface area contributed by atoms with Crippen molar-refractivity contribution in [3.63, 3.8) is 0 Å². The fraction of sp³-hybridized carbons (Fsp3) is 0.250. The Hall–Kier alpha value is -2.16. The molecule has 100 valence electrons. The van der Waals surface area contributed by atoms with E-state index in [-0.39, 0.29) is 17.2 Å². The molecule has 0 aliphatic carbocycles. The van der Waals surface area contributed by atoms with Gasteiger partial charge in [0.1, 0.15) is 5.75 Å². The minimum atomic E-state index is -0.314. The van der Waals surface area contributed by atoms with Gasteiger partial charge in [0.2, 0.25) is 0 Å². The summed E-state index contributed by atoms with van der Waals surface area (Å²) in [5, 5.41) is 29.0. The van der Waals surface area contributed by atoms with Crippen LogP contribution >= 0.6 is 0 Å². The van der Waals surface area contributed by atoms with Gasteiger partial charge in [-0.05, 0) is 35.6 Å². The molecule has 2 aromatic rings. The molecule has 2 aromatic carbocycles. The zero-order valence-electron chi connectivity index (χ0n) is 11.1. The van der Waals surface area contributed by atoms with Gasteiger partial charge in [0.05, 0.1) is 0 Å². The number of phenols is 3. The summed E-state index contributed by atoms with van der Waals surface area (Å²) in [5.74, 6) is -0.569. The highest BCUT2D eigenvalue weighted by Gasteiger charge is 2.14. The third-order valence-corrected chi connectivity index (χ3v) is 3.39. The first-order chi connectivity index (χ1) is 9.08. The summed E-state index contributed by atoms with van der Waals surface area (Å²) < 4.78 is 0. The minimum Gasteiger partial charge on any atom is -0.507 e. The van der Waals surface area contributed by atoms with Crippen LogP contribution in [0.25, 0.3) is 11.1 Å². The molecule has 0 amide bonds. The monoisotopic (exact) mass is 258 g/mol. The minimum absolute atomic E-state index is 0.0294. The number of aromatic hydroxyl groups is 3. The smallest absolute Gasteiger partial charge is 0.161 e. The molecule has 0 atom stereocenters. The standard InChI is InChI=1S/C16H18O3/c1-3-10-6-5-7-12(11(10)4-2)13-8-15(18)16(19)9-14(13)17/h5-9,17-19H,3-4H2,1-2H3. The Labute approximate surface area is 112 Å². The Balaban J connectivity index is 2.68. The first-order valence-corrected chi connectivity index (χ1v) is 6.44. The van der Waals surface area contributed by atoms with E-state index in [1.54, 1.807) is 0 Å². The van der Waals surface area contributed by atoms with E-state index in [4.69, 9.17) is 0 Å². The zero-order chi connectivity index (χ0) is 14.0. The van der Waals surface area contributed by atoms with E-state index in [1.807, 2.05) is 12.1 Å². The molecular weight excluding hydrogens is 240 g/mol. The van der Waals surface area contributed by atoms with Gasteiger partial charge in [-0.25, -0.2) is 0 Å². The summed E-state index contributed by atoms with van der Waals surface area (Å²) in [7, 11) is 0. The van der Waals surface area contributed by atoms with Gasteiger partial charge in [-0.3, -0.25) is 0 Å². The van der Waals surface area contributed by atoms with Crippen LogP contribution in [0.5, 0.6) is 17.2 Å². The van der Waals surface area contributed by atoms with Crippen LogP contribution in [0.1, 0.15) is 25.0 Å². The molecule has 0 radical (unpaired) electrons. The molecule has 3 heteroatoms. The van der Waals surface area contributed by atoms with Crippen molar-refractivity contribution in [2.75, 3.05) is 0 Å². The van der Waals surface area contributed by atoms with Crippen LogP contribution < -0.4 is 0 Å². The van der Waals surface area contributed by atoms with Crippen LogP contribution in [0.15, 0.2) is 30.3 Å². The Morgan fingerprint density at radius 1 is 0.789 bits per heavy atom. The summed E-state index contributed by atoms with van der Waals surface area (Å²) in [4.78, 5) is 0. The number of benzene rings is 2. The van der Waals surface area contributed by atoms with Crippen molar-refractivity contribution in [1.29, 1.82) is 0 Å². The topological polar surface area (TPSA) is 60.7 Å². The van der Waals surface area contributed by atoms with E-state index in [2.05, 4.69) is 19.9 Å². The molecule has 0 saturated heterocycles. The van der Waals surface area contributed by atoms with Crippen LogP contribution in [0.2, 0.25) is 0 Å². The summed E-state index contributed by atoms with van der Waals surface area (Å²) in [6, 6.07) is 8.50. The fourth-order valence-electron chi connectivity index (χ4n) is 2.42. The van der Waals surface area contributed by atoms with E-state index in [9.17, 15) is 15.3 Å². The Morgan fingerprint density at radius 2 is 1.47 bits per heavy atom. The molecule has 0 aliphatic rings. The van der Waals surface area contributed by atoms with Crippen LogP contribution in [0.3, 0.4) is 0 Å². The number of hydrogen-bond acceptors (Lipinski definition) is 3. The van der Waals surface area contributed by atoms with E-state index < -0.39 is 0 Å². The normalized spacial score (nSPS) is 10.6. The highest BCUT2D eigenvalue weighted by Crippen LogP contribution is 2.40. The second kappa shape index (κ2) is 5.22. The molecule has 0 fully saturated rings. The molecule has 3 nitrogen and oxygen atoms in total. The second-order valence-electron chi connectivity index (χ2n) is 4.51. The van der Waals surface area contributed by atoms with Crippen molar-refractivity contribution >= 4 is 0 Å². The van der Waals surface area contributed by atoms with Gasteiger partial charge >= 0.3 is 0 Å². The van der Waals surface area contributed by atoms with Gasteiger partial charge < -0.3 is 15.3 Å². The van der Waals surface area contributed by atoms with Crippen molar-refractivity contribution < 1.29 is 15.3 Å². The van der Waals surface area contributed by atoms with E-state index in [0.29, 0.717) is 5.56 Å². The molecule has 2 rings (SSSR count). The number of aryl methyl sites for hydroxylation is 1. The van der Waals surface area contributed by atoms with Crippen molar-refractivity contribution in [3.8, 4) is 28.4 Å². The molecular formula is C16H18O3. The highest BCUT2D eigenvalue weighted by atomic mass is 16.3. The van der Waals surface area contributed by atoms with Crippen molar-refractivity contribution in [2.24, 2.45) is 0 Å². The lowest BCUT2D eigenvalue weighted by molar-refractivity contribution is 0.397. The molecule has 0 spiro atoms. The summed E-state index contributed by atoms with van der Waals surface area (Å²) in [6.45, 7) is 4.15. The van der Waals surface area contributed by atoms with Gasteiger partial charge in [0.25, 0.3) is 0 Å². The molecule has 0 saturated carbocycles. The predicted octanol–water partition coefficient (Wildman–Crippen LogP) is 3.60. The van der Waals surface area contributed by atoms with E-state index in [0.717, 1.165) is 24.0 Å². The van der Waals surface area contributed by atoms with Gasteiger partial charge in [-0.1, -0.05) is 32.0 Å². The Kier molecular flexibility index (Phi) is 3.65. The predicted molar refractivity (Wildman–Crippen MR) is 75.6 cm³/mol. The van der Waals surface area contributed by atoms with Crippen LogP contribution in [0.4, 0.5) is 0 Å². The Morgan fingerprint density at radius 3 is 2.11 bits per heavy atom. The lowest BCUT2D eigenvalue weighted by Gasteiger charge is -2.14. The second-order valence-corrected chi connectivity index (χ2v) is 4.51. The number of hydrogen-bond donors (Lipinski definition) is 3. The number of phenolic OH excluding ortho intramolecular Hbond substituents is 3. The van der Waals surface area contributed by atoms with Crippen LogP contribution in [0, 0.1) is 0 Å². The molecule has 0 bridgehead atoms. The largest absolute Gasteiger partial charge is 0.507 e. The van der Waals surface area contributed by atoms with Gasteiger partial charge in [0.15, 0.2) is 11.5 Å². The first-order valence-electron chi connectivity index (χ1n) is 6.44. The molecule has 0 unspecified atom stereocenters. The zero-order valence-corrected chi connectivity index (χ0v) is 11.1. The van der Waals surface area contributed by atoms with Crippen LogP contribution in [-0.4, -0.2) is 15.3 Å². The third kappa shape index (κ3) is 2.36. The maximum absolute atomic E-state index is 9.98. The van der Waals surface area contributed by atoms with Gasteiger partial charge in [-0.2, -0.15) is 0 Å². The molecule has 0 aliphatic heterocycles. The van der Waals surface area contributed by atoms with Crippen molar-refractivity contribution in [3.05, 3.63) is 41.5 Å². The summed E-state index contributed by atoms with van der Waals surface area (Å²) in [6.07, 6.45) is 1.77. The van der Waals surface area contributed by atoms with E-state index >= 15 is 0 Å².